The summed E-state index contributed by atoms with van der Waals surface area (Å²) in [5, 5.41) is 4.20. The average Bonchev–Trinajstić information content (AvgIpc) is 3.09. The maximum Gasteiger partial charge on any atom is 0.252 e. The topological polar surface area (TPSA) is 47.4 Å². The molecule has 18 heavy (non-hydrogen) atoms. The molecule has 98 valence electrons. The molecule has 5 nitrogen and oxygen atoms in total. The molecular weight excluding hydrogens is 230 g/mol. The quantitative estimate of drug-likeness (QED) is 0.793. The minimum Gasteiger partial charge on any atom is -0.368 e. The third-order valence-corrected chi connectivity index (χ3v) is 3.85. The van der Waals surface area contributed by atoms with Crippen LogP contribution in [0.4, 0.5) is 0 Å². The number of likely N-dealkylation sites (tertiary alicyclic amines) is 1. The zero-order valence-electron chi connectivity index (χ0n) is 10.7. The molecule has 0 aromatic carbocycles. The highest BCUT2D eigenvalue weighted by Gasteiger charge is 2.36. The van der Waals surface area contributed by atoms with Crippen LogP contribution < -0.4 is 0 Å². The zero-order valence-corrected chi connectivity index (χ0v) is 10.7. The van der Waals surface area contributed by atoms with Gasteiger partial charge in [-0.1, -0.05) is 0 Å². The van der Waals surface area contributed by atoms with Crippen LogP contribution in [0.2, 0.25) is 0 Å². The molecule has 1 amide bonds. The van der Waals surface area contributed by atoms with Gasteiger partial charge >= 0.3 is 0 Å². The molecule has 2 atom stereocenters. The Morgan fingerprint density at radius 2 is 2.33 bits per heavy atom. The number of amides is 1. The normalized spacial score (nSPS) is 27.9. The maximum atomic E-state index is 12.4. The van der Waals surface area contributed by atoms with E-state index in [9.17, 15) is 4.79 Å². The highest BCUT2D eigenvalue weighted by Crippen LogP contribution is 2.33. The fourth-order valence-corrected chi connectivity index (χ4v) is 2.95. The lowest BCUT2D eigenvalue weighted by Crippen LogP contribution is -2.38. The molecule has 5 heteroatoms. The molecule has 0 saturated carbocycles. The fourth-order valence-electron chi connectivity index (χ4n) is 2.95. The number of rotatable bonds is 2. The smallest absolute Gasteiger partial charge is 0.252 e. The Balaban J connectivity index is 1.76. The van der Waals surface area contributed by atoms with Gasteiger partial charge in [0.2, 0.25) is 0 Å². The molecule has 0 N–H and O–H groups in total. The molecule has 2 aliphatic rings. The summed E-state index contributed by atoms with van der Waals surface area (Å²) in [6.45, 7) is 1.57. The second-order valence-corrected chi connectivity index (χ2v) is 5.14. The van der Waals surface area contributed by atoms with Gasteiger partial charge in [0, 0.05) is 32.0 Å². The molecule has 2 fully saturated rings. The van der Waals surface area contributed by atoms with Crippen LogP contribution in [0.3, 0.4) is 0 Å². The van der Waals surface area contributed by atoms with Gasteiger partial charge in [-0.15, -0.1) is 0 Å². The summed E-state index contributed by atoms with van der Waals surface area (Å²) >= 11 is 0. The predicted molar refractivity (Wildman–Crippen MR) is 65.9 cm³/mol. The lowest BCUT2D eigenvalue weighted by atomic mass is 10.1. The third kappa shape index (κ3) is 2.03. The fraction of sp³-hybridized carbons (Fsp3) is 0.692. The molecule has 3 rings (SSSR count). The summed E-state index contributed by atoms with van der Waals surface area (Å²) < 4.78 is 7.30. The molecule has 2 saturated heterocycles. The molecule has 2 unspecified atom stereocenters. The van der Waals surface area contributed by atoms with E-state index < -0.39 is 0 Å². The summed E-state index contributed by atoms with van der Waals surface area (Å²) in [6, 6.07) is 0.190. The molecule has 0 aliphatic carbocycles. The SMILES string of the molecule is Cn1cc(C2CCCN2C(=O)C2CCCO2)cn1. The summed E-state index contributed by atoms with van der Waals surface area (Å²) in [5.74, 6) is 0.166. The lowest BCUT2D eigenvalue weighted by molar-refractivity contribution is -0.141. The molecular formula is C13H19N3O2. The summed E-state index contributed by atoms with van der Waals surface area (Å²) in [6.07, 6.45) is 7.64. The summed E-state index contributed by atoms with van der Waals surface area (Å²) in [5.41, 5.74) is 1.14. The zero-order chi connectivity index (χ0) is 12.5. The van der Waals surface area contributed by atoms with Gasteiger partial charge in [-0.2, -0.15) is 5.10 Å². The minimum atomic E-state index is -0.206. The minimum absolute atomic E-state index is 0.166. The van der Waals surface area contributed by atoms with Crippen molar-refractivity contribution in [2.45, 2.75) is 37.8 Å². The van der Waals surface area contributed by atoms with E-state index in [0.717, 1.165) is 44.4 Å². The molecule has 1 aromatic rings. The van der Waals surface area contributed by atoms with Gasteiger partial charge in [-0.05, 0) is 25.7 Å². The van der Waals surface area contributed by atoms with E-state index in [1.807, 2.05) is 24.3 Å². The number of ether oxygens (including phenoxy) is 1. The number of carbonyl (C=O) groups is 1. The first-order valence-electron chi connectivity index (χ1n) is 6.66. The third-order valence-electron chi connectivity index (χ3n) is 3.85. The standard InChI is InChI=1S/C13H19N3O2/c1-15-9-10(8-14-15)11-4-2-6-16(11)13(17)12-5-3-7-18-12/h8-9,11-12H,2-7H2,1H3. The van der Waals surface area contributed by atoms with Crippen LogP contribution in [0.15, 0.2) is 12.4 Å². The first-order valence-corrected chi connectivity index (χ1v) is 6.66. The molecule has 2 aliphatic heterocycles. The van der Waals surface area contributed by atoms with E-state index in [1.54, 1.807) is 4.68 Å². The first-order chi connectivity index (χ1) is 8.75. The highest BCUT2D eigenvalue weighted by atomic mass is 16.5. The first kappa shape index (κ1) is 11.7. The van der Waals surface area contributed by atoms with Crippen LogP contribution >= 0.6 is 0 Å². The lowest BCUT2D eigenvalue weighted by Gasteiger charge is -2.26. The number of hydrogen-bond acceptors (Lipinski definition) is 3. The van der Waals surface area contributed by atoms with E-state index in [2.05, 4.69) is 5.10 Å². The Hall–Kier alpha value is -1.36. The van der Waals surface area contributed by atoms with Crippen molar-refractivity contribution in [2.24, 2.45) is 7.05 Å². The second kappa shape index (κ2) is 4.72. The second-order valence-electron chi connectivity index (χ2n) is 5.14. The maximum absolute atomic E-state index is 12.4. The van der Waals surface area contributed by atoms with Crippen LogP contribution in [-0.4, -0.2) is 39.8 Å². The molecule has 3 heterocycles. The number of carbonyl (C=O) groups excluding carboxylic acids is 1. The van der Waals surface area contributed by atoms with Crippen molar-refractivity contribution in [3.8, 4) is 0 Å². The molecule has 0 bridgehead atoms. The van der Waals surface area contributed by atoms with Crippen molar-refractivity contribution in [1.29, 1.82) is 0 Å². The average molecular weight is 249 g/mol. The van der Waals surface area contributed by atoms with Crippen molar-refractivity contribution in [1.82, 2.24) is 14.7 Å². The Morgan fingerprint density at radius 1 is 1.44 bits per heavy atom. The van der Waals surface area contributed by atoms with Gasteiger partial charge in [-0.25, -0.2) is 0 Å². The molecule has 1 aromatic heterocycles. The van der Waals surface area contributed by atoms with E-state index in [1.165, 1.54) is 0 Å². The largest absolute Gasteiger partial charge is 0.368 e. The monoisotopic (exact) mass is 249 g/mol. The summed E-state index contributed by atoms with van der Waals surface area (Å²) in [4.78, 5) is 14.4. The van der Waals surface area contributed by atoms with E-state index in [0.29, 0.717) is 0 Å². The van der Waals surface area contributed by atoms with Crippen LogP contribution in [-0.2, 0) is 16.6 Å². The molecule has 0 radical (unpaired) electrons. The van der Waals surface area contributed by atoms with Gasteiger partial charge in [0.1, 0.15) is 6.10 Å². The van der Waals surface area contributed by atoms with E-state index >= 15 is 0 Å². The van der Waals surface area contributed by atoms with Crippen LogP contribution in [0.25, 0.3) is 0 Å². The Labute approximate surface area is 107 Å². The van der Waals surface area contributed by atoms with Gasteiger partial charge < -0.3 is 9.64 Å². The number of aryl methyl sites for hydroxylation is 1. The van der Waals surface area contributed by atoms with Crippen LogP contribution in [0, 0.1) is 0 Å². The van der Waals surface area contributed by atoms with Gasteiger partial charge in [0.25, 0.3) is 5.91 Å². The van der Waals surface area contributed by atoms with Crippen molar-refractivity contribution in [3.05, 3.63) is 18.0 Å². The van der Waals surface area contributed by atoms with E-state index in [4.69, 9.17) is 4.74 Å². The van der Waals surface area contributed by atoms with Crippen molar-refractivity contribution in [2.75, 3.05) is 13.2 Å². The predicted octanol–water partition coefficient (Wildman–Crippen LogP) is 1.26. The Morgan fingerprint density at radius 3 is 3.00 bits per heavy atom. The van der Waals surface area contributed by atoms with Gasteiger partial charge in [0.05, 0.1) is 12.2 Å². The van der Waals surface area contributed by atoms with Crippen LogP contribution in [0.1, 0.15) is 37.3 Å². The number of aromatic nitrogens is 2. The van der Waals surface area contributed by atoms with Crippen molar-refractivity contribution < 1.29 is 9.53 Å². The van der Waals surface area contributed by atoms with Gasteiger partial charge in [-0.3, -0.25) is 9.48 Å². The van der Waals surface area contributed by atoms with Gasteiger partial charge in [0.15, 0.2) is 0 Å². The number of nitrogens with zero attached hydrogens (tertiary/aromatic N) is 3. The molecule has 0 spiro atoms. The number of hydrogen-bond donors (Lipinski definition) is 0. The van der Waals surface area contributed by atoms with Crippen molar-refractivity contribution >= 4 is 5.91 Å². The summed E-state index contributed by atoms with van der Waals surface area (Å²) in [7, 11) is 1.91. The van der Waals surface area contributed by atoms with E-state index in [-0.39, 0.29) is 18.1 Å². The van der Waals surface area contributed by atoms with Crippen molar-refractivity contribution in [3.63, 3.8) is 0 Å². The van der Waals surface area contributed by atoms with Crippen LogP contribution in [0.5, 0.6) is 0 Å². The highest BCUT2D eigenvalue weighted by molar-refractivity contribution is 5.81. The Kier molecular flexibility index (Phi) is 3.07. The Bertz CT molecular complexity index is 437.